The molecule has 0 unspecified atom stereocenters. The van der Waals surface area contributed by atoms with Crippen molar-refractivity contribution in [2.75, 3.05) is 49.1 Å². The number of pyridine rings is 1. The SMILES string of the molecule is CC[C@H]1CN(c2nc(N)c(-c3nnc(C)o3)nc2Cl)CCN1C1CCN(C(=O)c2cc(F)c(N)nc2Cl)CC1. The quantitative estimate of drug-likeness (QED) is 0.428. The molecule has 0 saturated carbocycles. The zero-order chi connectivity index (χ0) is 27.8. The molecule has 1 atom stereocenters. The fourth-order valence-corrected chi connectivity index (χ4v) is 5.75. The van der Waals surface area contributed by atoms with Crippen LogP contribution in [-0.4, -0.2) is 85.7 Å². The highest BCUT2D eigenvalue weighted by atomic mass is 35.5. The zero-order valence-corrected chi connectivity index (χ0v) is 23.1. The Labute approximate surface area is 234 Å². The van der Waals surface area contributed by atoms with Crippen LogP contribution in [0.25, 0.3) is 11.6 Å². The number of aryl methyl sites for hydroxylation is 1. The van der Waals surface area contributed by atoms with Crippen molar-refractivity contribution in [2.45, 2.75) is 45.2 Å². The fourth-order valence-electron chi connectivity index (χ4n) is 5.28. The molecule has 3 aromatic rings. The number of hydrogen-bond acceptors (Lipinski definition) is 11. The molecule has 3 aromatic heterocycles. The summed E-state index contributed by atoms with van der Waals surface area (Å²) in [5, 5.41) is 7.90. The highest BCUT2D eigenvalue weighted by Crippen LogP contribution is 2.32. The van der Waals surface area contributed by atoms with E-state index in [2.05, 4.69) is 41.9 Å². The lowest BCUT2D eigenvalue weighted by Gasteiger charge is -2.47. The normalized spacial score (nSPS) is 19.1. The van der Waals surface area contributed by atoms with Gasteiger partial charge in [-0.3, -0.25) is 9.69 Å². The van der Waals surface area contributed by atoms with Crippen molar-refractivity contribution in [3.63, 3.8) is 0 Å². The predicted octanol–water partition coefficient (Wildman–Crippen LogP) is 3.05. The number of nitrogen functional groups attached to an aromatic ring is 2. The number of piperidine rings is 1. The summed E-state index contributed by atoms with van der Waals surface area (Å²) in [5.74, 6) is -0.169. The summed E-state index contributed by atoms with van der Waals surface area (Å²) in [5.41, 5.74) is 11.9. The molecule has 2 aliphatic rings. The Balaban J connectivity index is 1.23. The van der Waals surface area contributed by atoms with Crippen LogP contribution in [0.3, 0.4) is 0 Å². The molecule has 1 amide bonds. The second kappa shape index (κ2) is 11.1. The number of likely N-dealkylation sites (tertiary alicyclic amines) is 1. The van der Waals surface area contributed by atoms with Gasteiger partial charge in [-0.1, -0.05) is 30.1 Å². The molecule has 0 aromatic carbocycles. The van der Waals surface area contributed by atoms with Crippen molar-refractivity contribution in [3.8, 4) is 11.6 Å². The van der Waals surface area contributed by atoms with Gasteiger partial charge in [-0.25, -0.2) is 19.3 Å². The molecule has 2 aliphatic heterocycles. The molecule has 2 saturated heterocycles. The summed E-state index contributed by atoms with van der Waals surface area (Å²) in [6.07, 6.45) is 2.49. The molecule has 0 bridgehead atoms. The topological polar surface area (TPSA) is 156 Å². The maximum absolute atomic E-state index is 13.9. The van der Waals surface area contributed by atoms with E-state index in [9.17, 15) is 9.18 Å². The molecule has 5 heterocycles. The van der Waals surface area contributed by atoms with Crippen molar-refractivity contribution in [3.05, 3.63) is 33.6 Å². The molecule has 4 N–H and O–H groups in total. The van der Waals surface area contributed by atoms with Crippen LogP contribution in [0.2, 0.25) is 10.3 Å². The van der Waals surface area contributed by atoms with Crippen molar-refractivity contribution in [1.82, 2.24) is 34.9 Å². The van der Waals surface area contributed by atoms with Crippen LogP contribution in [0.1, 0.15) is 42.4 Å². The largest absolute Gasteiger partial charge is 0.420 e. The number of nitrogens with two attached hydrogens (primary N) is 2. The van der Waals surface area contributed by atoms with Crippen molar-refractivity contribution >= 4 is 46.6 Å². The number of aromatic nitrogens is 5. The molecule has 39 heavy (non-hydrogen) atoms. The molecule has 2 fully saturated rings. The standard InChI is InChI=1S/C24H29Cl2FN10O2/c1-3-13-11-36(22-19(26)30-17(21(29)32-22)23-34-33-12(2)39-23)8-9-37(13)14-4-6-35(7-5-14)24(38)15-10-16(27)20(28)31-18(15)25/h10,13-14H,3-9,11H2,1-2H3,(H2,28,31)(H2,29,32)/t13-/m0/s1. The molecular weight excluding hydrogens is 550 g/mol. The molecule has 5 rings (SSSR count). The number of rotatable bonds is 5. The van der Waals surface area contributed by atoms with Gasteiger partial charge in [-0.05, 0) is 25.3 Å². The number of amides is 1. The van der Waals surface area contributed by atoms with Gasteiger partial charge in [0.2, 0.25) is 5.89 Å². The first-order chi connectivity index (χ1) is 18.7. The minimum Gasteiger partial charge on any atom is -0.420 e. The summed E-state index contributed by atoms with van der Waals surface area (Å²) in [6, 6.07) is 1.60. The lowest BCUT2D eigenvalue weighted by atomic mass is 9.97. The second-order valence-electron chi connectivity index (χ2n) is 9.66. The average molecular weight is 579 g/mol. The molecule has 208 valence electrons. The van der Waals surface area contributed by atoms with Crippen LogP contribution in [0.5, 0.6) is 0 Å². The second-order valence-corrected chi connectivity index (χ2v) is 10.4. The van der Waals surface area contributed by atoms with Crippen LogP contribution in [0.15, 0.2) is 10.5 Å². The van der Waals surface area contributed by atoms with E-state index in [1.54, 1.807) is 11.8 Å². The Kier molecular flexibility index (Phi) is 7.74. The average Bonchev–Trinajstić information content (AvgIpc) is 3.37. The van der Waals surface area contributed by atoms with E-state index in [0.29, 0.717) is 43.9 Å². The van der Waals surface area contributed by atoms with Gasteiger partial charge >= 0.3 is 0 Å². The number of carbonyl (C=O) groups is 1. The fraction of sp³-hybridized carbons (Fsp3) is 0.500. The van der Waals surface area contributed by atoms with Gasteiger partial charge in [0.05, 0.1) is 5.56 Å². The van der Waals surface area contributed by atoms with E-state index in [4.69, 9.17) is 39.1 Å². The summed E-state index contributed by atoms with van der Waals surface area (Å²) in [6.45, 7) is 7.07. The van der Waals surface area contributed by atoms with Crippen LogP contribution < -0.4 is 16.4 Å². The highest BCUT2D eigenvalue weighted by Gasteiger charge is 2.35. The van der Waals surface area contributed by atoms with Crippen LogP contribution in [0.4, 0.5) is 21.8 Å². The van der Waals surface area contributed by atoms with E-state index >= 15 is 0 Å². The molecule has 0 spiro atoms. The van der Waals surface area contributed by atoms with Gasteiger partial charge in [-0.2, -0.15) is 0 Å². The molecule has 0 aliphatic carbocycles. The van der Waals surface area contributed by atoms with E-state index in [1.807, 2.05) is 0 Å². The maximum atomic E-state index is 13.9. The summed E-state index contributed by atoms with van der Waals surface area (Å²) < 4.78 is 19.3. The molecule has 12 nitrogen and oxygen atoms in total. The van der Waals surface area contributed by atoms with Crippen molar-refractivity contribution in [1.29, 1.82) is 0 Å². The van der Waals surface area contributed by atoms with Crippen molar-refractivity contribution < 1.29 is 13.6 Å². The Bertz CT molecular complexity index is 1380. The smallest absolute Gasteiger partial charge is 0.270 e. The van der Waals surface area contributed by atoms with Crippen LogP contribution in [0, 0.1) is 12.7 Å². The summed E-state index contributed by atoms with van der Waals surface area (Å²) >= 11 is 12.6. The number of halogens is 3. The third kappa shape index (κ3) is 5.43. The number of carbonyl (C=O) groups excluding carboxylic acids is 1. The van der Waals surface area contributed by atoms with E-state index in [1.165, 1.54) is 0 Å². The van der Waals surface area contributed by atoms with Gasteiger partial charge in [0, 0.05) is 51.7 Å². The first-order valence-electron chi connectivity index (χ1n) is 12.7. The van der Waals surface area contributed by atoms with Gasteiger partial charge in [0.15, 0.2) is 34.1 Å². The summed E-state index contributed by atoms with van der Waals surface area (Å²) in [7, 11) is 0. The minimum absolute atomic E-state index is 0.0272. The Morgan fingerprint density at radius 2 is 1.82 bits per heavy atom. The minimum atomic E-state index is -0.757. The third-order valence-electron chi connectivity index (χ3n) is 7.30. The first kappa shape index (κ1) is 27.3. The van der Waals surface area contributed by atoms with E-state index in [0.717, 1.165) is 31.9 Å². The lowest BCUT2D eigenvalue weighted by Crippen LogP contribution is -2.58. The Hall–Kier alpha value is -3.29. The number of piperazine rings is 1. The van der Waals surface area contributed by atoms with Gasteiger partial charge in [0.1, 0.15) is 5.15 Å². The first-order valence-corrected chi connectivity index (χ1v) is 13.5. The number of nitrogens with zero attached hydrogens (tertiary/aromatic N) is 8. The van der Waals surface area contributed by atoms with Crippen LogP contribution >= 0.6 is 23.2 Å². The van der Waals surface area contributed by atoms with E-state index < -0.39 is 5.82 Å². The molecule has 15 heteroatoms. The Morgan fingerprint density at radius 3 is 2.49 bits per heavy atom. The Morgan fingerprint density at radius 1 is 1.08 bits per heavy atom. The predicted molar refractivity (Wildman–Crippen MR) is 145 cm³/mol. The highest BCUT2D eigenvalue weighted by molar-refractivity contribution is 6.32. The van der Waals surface area contributed by atoms with Gasteiger partial charge in [0.25, 0.3) is 11.8 Å². The monoisotopic (exact) mass is 578 g/mol. The van der Waals surface area contributed by atoms with Crippen LogP contribution in [-0.2, 0) is 0 Å². The maximum Gasteiger partial charge on any atom is 0.270 e. The lowest BCUT2D eigenvalue weighted by molar-refractivity contribution is 0.0490. The third-order valence-corrected chi connectivity index (χ3v) is 7.84. The van der Waals surface area contributed by atoms with E-state index in [-0.39, 0.29) is 51.0 Å². The van der Waals surface area contributed by atoms with Crippen molar-refractivity contribution in [2.24, 2.45) is 0 Å². The van der Waals surface area contributed by atoms with Gasteiger partial charge < -0.3 is 25.7 Å². The molecular formula is C24H29Cl2FN10O2. The van der Waals surface area contributed by atoms with Gasteiger partial charge in [-0.15, -0.1) is 10.2 Å². The number of anilines is 3. The number of hydrogen-bond donors (Lipinski definition) is 2. The molecule has 0 radical (unpaired) electrons. The zero-order valence-electron chi connectivity index (χ0n) is 21.6. The summed E-state index contributed by atoms with van der Waals surface area (Å²) in [4.78, 5) is 31.9.